The molecule has 0 radical (unpaired) electrons. The van der Waals surface area contributed by atoms with Crippen LogP contribution in [0.15, 0.2) is 54.7 Å². The van der Waals surface area contributed by atoms with E-state index in [9.17, 15) is 4.79 Å². The first-order chi connectivity index (χ1) is 16.3. The number of nitrogens with zero attached hydrogens (tertiary/aromatic N) is 4. The SMILES string of the molecule is CC(=O)Nc1cccc(Oc2nc(Nc3ccc4c(c3)[N+](C)(C)CCN4C)nc3[nH]ccc23)c1. The Bertz CT molecular complexity index is 1380. The number of likely N-dealkylation sites (N-methyl/N-ethyl adjacent to an activating group) is 2. The van der Waals surface area contributed by atoms with E-state index in [0.29, 0.717) is 28.9 Å². The Kier molecular flexibility index (Phi) is 5.33. The lowest BCUT2D eigenvalue weighted by molar-refractivity contribution is -0.114. The molecule has 4 aromatic rings. The Labute approximate surface area is 198 Å². The number of rotatable bonds is 5. The van der Waals surface area contributed by atoms with Gasteiger partial charge < -0.3 is 25.3 Å². The van der Waals surface area contributed by atoms with Crippen molar-refractivity contribution in [1.29, 1.82) is 0 Å². The van der Waals surface area contributed by atoms with Crippen LogP contribution >= 0.6 is 0 Å². The molecule has 0 saturated heterocycles. The monoisotopic (exact) mass is 458 g/mol. The zero-order valence-electron chi connectivity index (χ0n) is 19.7. The number of carbonyl (C=O) groups is 1. The van der Waals surface area contributed by atoms with Crippen LogP contribution in [0, 0.1) is 0 Å². The van der Waals surface area contributed by atoms with E-state index in [4.69, 9.17) is 4.74 Å². The highest BCUT2D eigenvalue weighted by Gasteiger charge is 2.30. The summed E-state index contributed by atoms with van der Waals surface area (Å²) in [5.41, 5.74) is 4.70. The average Bonchev–Trinajstić information content (AvgIpc) is 3.26. The number of hydrogen-bond donors (Lipinski definition) is 3. The minimum atomic E-state index is -0.142. The molecule has 0 atom stereocenters. The highest BCUT2D eigenvalue weighted by atomic mass is 16.5. The first-order valence-electron chi connectivity index (χ1n) is 11.1. The van der Waals surface area contributed by atoms with E-state index in [1.54, 1.807) is 18.3 Å². The summed E-state index contributed by atoms with van der Waals surface area (Å²) in [6.45, 7) is 3.52. The van der Waals surface area contributed by atoms with Crippen LogP contribution in [0.25, 0.3) is 11.0 Å². The molecule has 1 aliphatic rings. The van der Waals surface area contributed by atoms with Crippen LogP contribution in [0.1, 0.15) is 6.92 Å². The molecule has 3 heterocycles. The highest BCUT2D eigenvalue weighted by molar-refractivity contribution is 5.89. The lowest BCUT2D eigenvalue weighted by atomic mass is 10.1. The number of aromatic amines is 1. The van der Waals surface area contributed by atoms with Gasteiger partial charge in [0.15, 0.2) is 5.69 Å². The summed E-state index contributed by atoms with van der Waals surface area (Å²) in [6, 6.07) is 15.4. The van der Waals surface area contributed by atoms with E-state index in [-0.39, 0.29) is 5.91 Å². The number of carbonyl (C=O) groups excluding carboxylic acids is 1. The Balaban J connectivity index is 1.47. The van der Waals surface area contributed by atoms with Gasteiger partial charge in [-0.2, -0.15) is 9.97 Å². The van der Waals surface area contributed by atoms with E-state index >= 15 is 0 Å². The van der Waals surface area contributed by atoms with Crippen LogP contribution in [0.4, 0.5) is 28.7 Å². The molecule has 2 aromatic carbocycles. The fraction of sp³-hybridized carbons (Fsp3) is 0.240. The van der Waals surface area contributed by atoms with Crippen molar-refractivity contribution in [2.24, 2.45) is 0 Å². The highest BCUT2D eigenvalue weighted by Crippen LogP contribution is 2.38. The number of H-pyrrole nitrogens is 1. The normalized spacial score (nSPS) is 14.5. The average molecular weight is 459 g/mol. The molecular weight excluding hydrogens is 430 g/mol. The molecule has 34 heavy (non-hydrogen) atoms. The molecule has 9 heteroatoms. The lowest BCUT2D eigenvalue weighted by Crippen LogP contribution is -2.50. The van der Waals surface area contributed by atoms with Crippen LogP contribution in [0.2, 0.25) is 0 Å². The second-order valence-electron chi connectivity index (χ2n) is 9.06. The van der Waals surface area contributed by atoms with E-state index in [2.05, 4.69) is 63.8 Å². The number of quaternary nitrogens is 1. The predicted molar refractivity (Wildman–Crippen MR) is 136 cm³/mol. The maximum atomic E-state index is 11.4. The summed E-state index contributed by atoms with van der Waals surface area (Å²) in [6.07, 6.45) is 1.80. The fourth-order valence-electron chi connectivity index (χ4n) is 4.18. The van der Waals surface area contributed by atoms with Gasteiger partial charge in [-0.1, -0.05) is 6.07 Å². The van der Waals surface area contributed by atoms with Crippen molar-refractivity contribution in [3.05, 3.63) is 54.7 Å². The summed E-state index contributed by atoms with van der Waals surface area (Å²) in [5.74, 6) is 1.27. The second kappa shape index (κ2) is 8.35. The molecule has 0 bridgehead atoms. The third-order valence-electron chi connectivity index (χ3n) is 6.04. The summed E-state index contributed by atoms with van der Waals surface area (Å²) in [4.78, 5) is 26.1. The topological polar surface area (TPSA) is 95.2 Å². The van der Waals surface area contributed by atoms with Gasteiger partial charge in [0.1, 0.15) is 17.9 Å². The van der Waals surface area contributed by atoms with E-state index in [1.165, 1.54) is 18.3 Å². The molecule has 1 aliphatic heterocycles. The smallest absolute Gasteiger partial charge is 0.233 e. The number of aromatic nitrogens is 3. The van der Waals surface area contributed by atoms with Crippen molar-refractivity contribution < 1.29 is 9.53 Å². The van der Waals surface area contributed by atoms with Crippen molar-refractivity contribution in [2.75, 3.05) is 49.8 Å². The van der Waals surface area contributed by atoms with Crippen molar-refractivity contribution in [2.45, 2.75) is 6.92 Å². The maximum Gasteiger partial charge on any atom is 0.233 e. The number of fused-ring (bicyclic) bond motifs is 2. The molecule has 0 fully saturated rings. The van der Waals surface area contributed by atoms with Crippen LogP contribution in [-0.4, -0.2) is 55.1 Å². The van der Waals surface area contributed by atoms with E-state index in [0.717, 1.165) is 28.6 Å². The largest absolute Gasteiger partial charge is 0.438 e. The quantitative estimate of drug-likeness (QED) is 0.382. The zero-order valence-corrected chi connectivity index (χ0v) is 19.7. The predicted octanol–water partition coefficient (Wildman–Crippen LogP) is 4.47. The molecule has 0 unspecified atom stereocenters. The maximum absolute atomic E-state index is 11.4. The molecule has 1 amide bonds. The number of ether oxygens (including phenoxy) is 1. The summed E-state index contributed by atoms with van der Waals surface area (Å²) in [7, 11) is 6.56. The standard InChI is InChI=1S/C25H27N7O2/c1-16(33)27-17-6-5-7-19(14-17)34-24-20-10-11-26-23(20)29-25(30-24)28-18-8-9-21-22(15-18)32(3,4)13-12-31(21)2/h5-11,14-15H,12-13H2,1-4H3,(H2-,26,27,28,29,30,33)/p+1. The van der Waals surface area contributed by atoms with Gasteiger partial charge in [-0.05, 0) is 30.3 Å². The first kappa shape index (κ1) is 21.7. The number of hydrogen-bond acceptors (Lipinski definition) is 6. The Morgan fingerprint density at radius 3 is 2.79 bits per heavy atom. The van der Waals surface area contributed by atoms with Gasteiger partial charge in [0.25, 0.3) is 0 Å². The van der Waals surface area contributed by atoms with Crippen molar-refractivity contribution in [3.8, 4) is 11.6 Å². The van der Waals surface area contributed by atoms with Gasteiger partial charge in [0, 0.05) is 43.7 Å². The van der Waals surface area contributed by atoms with Crippen molar-refractivity contribution in [1.82, 2.24) is 19.4 Å². The lowest BCUT2D eigenvalue weighted by Gasteiger charge is -2.39. The minimum Gasteiger partial charge on any atom is -0.438 e. The van der Waals surface area contributed by atoms with Gasteiger partial charge in [0.2, 0.25) is 17.7 Å². The van der Waals surface area contributed by atoms with Gasteiger partial charge in [0.05, 0.1) is 31.7 Å². The third-order valence-corrected chi connectivity index (χ3v) is 6.04. The molecule has 9 nitrogen and oxygen atoms in total. The zero-order chi connectivity index (χ0) is 23.9. The van der Waals surface area contributed by atoms with Crippen LogP contribution in [-0.2, 0) is 4.79 Å². The Morgan fingerprint density at radius 1 is 1.12 bits per heavy atom. The fourth-order valence-corrected chi connectivity index (χ4v) is 4.18. The number of anilines is 4. The summed E-state index contributed by atoms with van der Waals surface area (Å²) in [5, 5.41) is 6.88. The van der Waals surface area contributed by atoms with Gasteiger partial charge >= 0.3 is 0 Å². The molecule has 0 aliphatic carbocycles. The number of benzene rings is 2. The Hall–Kier alpha value is -4.11. The number of amides is 1. The molecular formula is C25H28N7O2+. The summed E-state index contributed by atoms with van der Waals surface area (Å²) >= 11 is 0. The summed E-state index contributed by atoms with van der Waals surface area (Å²) < 4.78 is 6.93. The van der Waals surface area contributed by atoms with E-state index < -0.39 is 0 Å². The molecule has 174 valence electrons. The molecule has 0 saturated carbocycles. The van der Waals surface area contributed by atoms with Gasteiger partial charge in [-0.25, -0.2) is 0 Å². The Morgan fingerprint density at radius 2 is 1.97 bits per heavy atom. The molecule has 0 spiro atoms. The van der Waals surface area contributed by atoms with Crippen LogP contribution < -0.4 is 24.8 Å². The molecule has 2 aromatic heterocycles. The third kappa shape index (κ3) is 4.25. The van der Waals surface area contributed by atoms with Crippen molar-refractivity contribution in [3.63, 3.8) is 0 Å². The van der Waals surface area contributed by atoms with Gasteiger partial charge in [-0.3, -0.25) is 9.28 Å². The van der Waals surface area contributed by atoms with Crippen LogP contribution in [0.5, 0.6) is 11.6 Å². The van der Waals surface area contributed by atoms with Crippen molar-refractivity contribution >= 4 is 45.6 Å². The first-order valence-corrected chi connectivity index (χ1v) is 11.1. The van der Waals surface area contributed by atoms with Crippen LogP contribution in [0.3, 0.4) is 0 Å². The van der Waals surface area contributed by atoms with E-state index in [1.807, 2.05) is 24.3 Å². The van der Waals surface area contributed by atoms with Gasteiger partial charge in [-0.15, -0.1) is 0 Å². The number of nitrogens with one attached hydrogen (secondary N) is 3. The minimum absolute atomic E-state index is 0.142. The second-order valence-corrected chi connectivity index (χ2v) is 9.06. The molecule has 3 N–H and O–H groups in total. The molecule has 5 rings (SSSR count).